The van der Waals surface area contributed by atoms with Gasteiger partial charge in [-0.25, -0.2) is 19.3 Å². The van der Waals surface area contributed by atoms with E-state index in [9.17, 15) is 17.6 Å². The van der Waals surface area contributed by atoms with Crippen LogP contribution in [-0.4, -0.2) is 43.7 Å². The summed E-state index contributed by atoms with van der Waals surface area (Å²) in [6.07, 6.45) is 0.192. The summed E-state index contributed by atoms with van der Waals surface area (Å²) in [7, 11) is 0. The van der Waals surface area contributed by atoms with Gasteiger partial charge in [-0.2, -0.15) is 18.4 Å². The Morgan fingerprint density at radius 2 is 2.00 bits per heavy atom. The molecule has 1 aliphatic rings. The van der Waals surface area contributed by atoms with E-state index in [4.69, 9.17) is 5.26 Å². The van der Waals surface area contributed by atoms with Crippen molar-refractivity contribution in [2.24, 2.45) is 0 Å². The number of rotatable bonds is 5. The number of nitrogens with one attached hydrogen (secondary N) is 1. The van der Waals surface area contributed by atoms with Gasteiger partial charge in [-0.05, 0) is 30.5 Å². The summed E-state index contributed by atoms with van der Waals surface area (Å²) in [5.41, 5.74) is 0.234. The molecule has 1 N–H and O–H groups in total. The van der Waals surface area contributed by atoms with Gasteiger partial charge in [0.25, 0.3) is 0 Å². The monoisotopic (exact) mass is 445 g/mol. The summed E-state index contributed by atoms with van der Waals surface area (Å²) >= 11 is 0. The lowest BCUT2D eigenvalue weighted by atomic mass is 10.0. The van der Waals surface area contributed by atoms with Gasteiger partial charge in [-0.1, -0.05) is 6.07 Å². The summed E-state index contributed by atoms with van der Waals surface area (Å²) in [6.45, 7) is 2.63. The van der Waals surface area contributed by atoms with E-state index in [1.165, 1.54) is 29.5 Å². The minimum absolute atomic E-state index is 0.0301. The van der Waals surface area contributed by atoms with Crippen molar-refractivity contribution >= 4 is 11.6 Å². The number of hydrogen-bond donors (Lipinski definition) is 1. The summed E-state index contributed by atoms with van der Waals surface area (Å²) in [5.74, 6) is 0.570. The van der Waals surface area contributed by atoms with E-state index in [0.717, 1.165) is 6.07 Å². The summed E-state index contributed by atoms with van der Waals surface area (Å²) in [6, 6.07) is 4.66. The average Bonchev–Trinajstić information content (AvgIpc) is 3.36. The number of alkyl halides is 4. The molecule has 1 aliphatic heterocycles. The highest BCUT2D eigenvalue weighted by Gasteiger charge is 2.35. The molecule has 1 saturated heterocycles. The molecule has 3 heterocycles. The van der Waals surface area contributed by atoms with Crippen LogP contribution in [0.3, 0.4) is 0 Å². The Morgan fingerprint density at radius 3 is 2.62 bits per heavy atom. The second-order valence-corrected chi connectivity index (χ2v) is 7.62. The molecule has 11 heteroatoms. The van der Waals surface area contributed by atoms with E-state index >= 15 is 0 Å². The first-order chi connectivity index (χ1) is 15.2. The SMILES string of the molecule is Cc1cc(CN2CCC(F)C2)cc(C(F)(F)F)c1-n1cnc(Nc2cnc(C#N)cn2)c1. The van der Waals surface area contributed by atoms with Crippen molar-refractivity contribution in [3.8, 4) is 11.8 Å². The van der Waals surface area contributed by atoms with Crippen molar-refractivity contribution in [3.63, 3.8) is 0 Å². The third kappa shape index (κ3) is 4.70. The second-order valence-electron chi connectivity index (χ2n) is 7.62. The van der Waals surface area contributed by atoms with E-state index in [1.54, 1.807) is 13.0 Å². The Kier molecular flexibility index (Phi) is 5.80. The van der Waals surface area contributed by atoms with Crippen LogP contribution in [0.25, 0.3) is 5.69 Å². The second kappa shape index (κ2) is 8.55. The van der Waals surface area contributed by atoms with Crippen LogP contribution in [0.4, 0.5) is 29.2 Å². The van der Waals surface area contributed by atoms with Crippen LogP contribution >= 0.6 is 0 Å². The zero-order valence-electron chi connectivity index (χ0n) is 17.1. The van der Waals surface area contributed by atoms with Gasteiger partial charge in [-0.15, -0.1) is 0 Å². The molecule has 32 heavy (non-hydrogen) atoms. The molecule has 166 valence electrons. The van der Waals surface area contributed by atoms with Gasteiger partial charge >= 0.3 is 6.18 Å². The molecule has 7 nitrogen and oxygen atoms in total. The van der Waals surface area contributed by atoms with E-state index in [0.29, 0.717) is 29.9 Å². The largest absolute Gasteiger partial charge is 0.418 e. The van der Waals surface area contributed by atoms with Crippen LogP contribution in [0.15, 0.2) is 37.1 Å². The third-order valence-electron chi connectivity index (χ3n) is 5.15. The number of aromatic nitrogens is 4. The number of nitriles is 1. The molecule has 1 atom stereocenters. The van der Waals surface area contributed by atoms with Gasteiger partial charge < -0.3 is 9.88 Å². The molecule has 0 bridgehead atoms. The maximum Gasteiger partial charge on any atom is 0.418 e. The predicted molar refractivity (Wildman–Crippen MR) is 108 cm³/mol. The zero-order valence-corrected chi connectivity index (χ0v) is 17.1. The first-order valence-corrected chi connectivity index (χ1v) is 9.83. The van der Waals surface area contributed by atoms with Gasteiger partial charge in [0.1, 0.15) is 30.2 Å². The lowest BCUT2D eigenvalue weighted by Crippen LogP contribution is -2.21. The molecule has 0 saturated carbocycles. The number of benzene rings is 1. The minimum Gasteiger partial charge on any atom is -0.322 e. The maximum absolute atomic E-state index is 13.9. The van der Waals surface area contributed by atoms with Crippen molar-refractivity contribution in [2.45, 2.75) is 32.2 Å². The first kappa shape index (κ1) is 21.7. The lowest BCUT2D eigenvalue weighted by Gasteiger charge is -2.20. The third-order valence-corrected chi connectivity index (χ3v) is 5.15. The fourth-order valence-corrected chi connectivity index (χ4v) is 3.78. The number of imidazole rings is 1. The van der Waals surface area contributed by atoms with Gasteiger partial charge in [0.15, 0.2) is 5.69 Å². The Hall–Kier alpha value is -3.52. The average molecular weight is 445 g/mol. The molecule has 1 aromatic carbocycles. The molecule has 1 unspecified atom stereocenters. The standard InChI is InChI=1S/C21H19F4N7/c1-13-4-14(9-31-3-2-15(22)10-31)5-17(21(23,24)25)20(13)32-11-19(29-12-32)30-18-8-27-16(6-26)7-28-18/h4-5,7-8,11-12,15H,2-3,9-10H2,1H3,(H,28,30). The van der Waals surface area contributed by atoms with Crippen LogP contribution in [0.2, 0.25) is 0 Å². The van der Waals surface area contributed by atoms with E-state index < -0.39 is 17.9 Å². The number of hydrogen-bond acceptors (Lipinski definition) is 6. The number of anilines is 2. The van der Waals surface area contributed by atoms with E-state index in [2.05, 4.69) is 20.3 Å². The number of halogens is 4. The summed E-state index contributed by atoms with van der Waals surface area (Å²) in [4.78, 5) is 13.8. The van der Waals surface area contributed by atoms with Crippen molar-refractivity contribution in [3.05, 3.63) is 59.4 Å². The Balaban J connectivity index is 1.63. The Morgan fingerprint density at radius 1 is 1.19 bits per heavy atom. The van der Waals surface area contributed by atoms with Gasteiger partial charge in [0, 0.05) is 19.6 Å². The molecule has 3 aromatic rings. The van der Waals surface area contributed by atoms with Crippen molar-refractivity contribution < 1.29 is 17.6 Å². The van der Waals surface area contributed by atoms with Crippen LogP contribution in [0.5, 0.6) is 0 Å². The van der Waals surface area contributed by atoms with Gasteiger partial charge in [0.2, 0.25) is 0 Å². The maximum atomic E-state index is 13.9. The number of aryl methyl sites for hydroxylation is 1. The molecular formula is C21H19F4N7. The topological polar surface area (TPSA) is 82.7 Å². The number of nitrogens with zero attached hydrogens (tertiary/aromatic N) is 6. The van der Waals surface area contributed by atoms with E-state index in [-0.39, 0.29) is 30.3 Å². The Bertz CT molecular complexity index is 1150. The highest BCUT2D eigenvalue weighted by molar-refractivity contribution is 5.55. The highest BCUT2D eigenvalue weighted by atomic mass is 19.4. The van der Waals surface area contributed by atoms with Gasteiger partial charge in [-0.3, -0.25) is 4.90 Å². The summed E-state index contributed by atoms with van der Waals surface area (Å²) in [5, 5.41) is 11.6. The molecule has 1 fully saturated rings. The quantitative estimate of drug-likeness (QED) is 0.595. The molecule has 0 radical (unpaired) electrons. The first-order valence-electron chi connectivity index (χ1n) is 9.83. The number of likely N-dealkylation sites (tertiary alicyclic amines) is 1. The molecule has 2 aromatic heterocycles. The Labute approximate surface area is 181 Å². The normalized spacial score (nSPS) is 16.8. The molecule has 0 amide bonds. The zero-order chi connectivity index (χ0) is 22.9. The fraction of sp³-hybridized carbons (Fsp3) is 0.333. The minimum atomic E-state index is -4.58. The van der Waals surface area contributed by atoms with Crippen LogP contribution in [0, 0.1) is 18.3 Å². The molecule has 4 rings (SSSR count). The summed E-state index contributed by atoms with van der Waals surface area (Å²) < 4.78 is 56.5. The van der Waals surface area contributed by atoms with Crippen LogP contribution in [0.1, 0.15) is 28.8 Å². The van der Waals surface area contributed by atoms with E-state index in [1.807, 2.05) is 11.0 Å². The highest BCUT2D eigenvalue weighted by Crippen LogP contribution is 2.37. The molecular weight excluding hydrogens is 426 g/mol. The van der Waals surface area contributed by atoms with Crippen molar-refractivity contribution in [1.29, 1.82) is 5.26 Å². The van der Waals surface area contributed by atoms with Crippen molar-refractivity contribution in [2.75, 3.05) is 18.4 Å². The van der Waals surface area contributed by atoms with Gasteiger partial charge in [0.05, 0.1) is 29.8 Å². The van der Waals surface area contributed by atoms with Crippen molar-refractivity contribution in [1.82, 2.24) is 24.4 Å². The molecule has 0 spiro atoms. The lowest BCUT2D eigenvalue weighted by molar-refractivity contribution is -0.137. The van der Waals surface area contributed by atoms with Crippen LogP contribution in [-0.2, 0) is 12.7 Å². The molecule has 0 aliphatic carbocycles. The fourth-order valence-electron chi connectivity index (χ4n) is 3.78. The van der Waals surface area contributed by atoms with Crippen LogP contribution < -0.4 is 5.32 Å². The predicted octanol–water partition coefficient (Wildman–Crippen LogP) is 4.15. The smallest absolute Gasteiger partial charge is 0.322 e.